The van der Waals surface area contributed by atoms with E-state index in [9.17, 15) is 13.6 Å². The standard InChI is InChI=1S/C33H33F2N5O5/c1-42-33(41)22-5-7-27-29(16-22)40(18-24-3-2-14-43-24)31(37-27)19-39-12-10-23(11-13-39)45-32-9-6-25(34)28(38-32)20-44-30-8-4-21(17-36)15-26(30)35/h4-9,15-16,23-24H,2-3,10-14,18-20H2,1H3/t24-/m0/s1. The van der Waals surface area contributed by atoms with Crippen molar-refractivity contribution in [3.8, 4) is 17.7 Å². The number of imidazole rings is 1. The van der Waals surface area contributed by atoms with E-state index in [-0.39, 0.29) is 47.7 Å². The molecule has 6 rings (SSSR count). The lowest BCUT2D eigenvalue weighted by molar-refractivity contribution is 0.0601. The molecule has 0 bridgehead atoms. The highest BCUT2D eigenvalue weighted by Gasteiger charge is 2.25. The maximum absolute atomic E-state index is 14.5. The van der Waals surface area contributed by atoms with Crippen molar-refractivity contribution in [3.63, 3.8) is 0 Å². The summed E-state index contributed by atoms with van der Waals surface area (Å²) in [4.78, 5) is 23.7. The number of fused-ring (bicyclic) bond motifs is 1. The van der Waals surface area contributed by atoms with E-state index in [1.54, 1.807) is 6.07 Å². The molecule has 12 heteroatoms. The van der Waals surface area contributed by atoms with Crippen molar-refractivity contribution < 1.29 is 32.5 Å². The molecule has 10 nitrogen and oxygen atoms in total. The molecule has 4 aromatic rings. The number of esters is 1. The summed E-state index contributed by atoms with van der Waals surface area (Å²) in [5.74, 6) is -0.597. The molecule has 0 spiro atoms. The van der Waals surface area contributed by atoms with Gasteiger partial charge in [0, 0.05) is 25.8 Å². The summed E-state index contributed by atoms with van der Waals surface area (Å²) in [5.41, 5.74) is 2.34. The van der Waals surface area contributed by atoms with Crippen LogP contribution in [-0.4, -0.2) is 64.4 Å². The molecule has 2 aliphatic rings. The first-order valence-corrected chi connectivity index (χ1v) is 15.0. The van der Waals surface area contributed by atoms with Crippen LogP contribution in [-0.2, 0) is 29.2 Å². The predicted octanol–water partition coefficient (Wildman–Crippen LogP) is 5.17. The molecule has 2 aliphatic heterocycles. The van der Waals surface area contributed by atoms with Crippen LogP contribution in [0.15, 0.2) is 48.5 Å². The van der Waals surface area contributed by atoms with Gasteiger partial charge in [0.05, 0.1) is 54.5 Å². The van der Waals surface area contributed by atoms with Crippen molar-refractivity contribution in [2.45, 2.75) is 57.6 Å². The quantitative estimate of drug-likeness (QED) is 0.223. The molecule has 2 fully saturated rings. The normalized spacial score (nSPS) is 17.3. The number of hydrogen-bond donors (Lipinski definition) is 0. The third kappa shape index (κ3) is 7.05. The minimum Gasteiger partial charge on any atom is -0.484 e. The summed E-state index contributed by atoms with van der Waals surface area (Å²) < 4.78 is 53.2. The van der Waals surface area contributed by atoms with E-state index in [4.69, 9.17) is 29.2 Å². The van der Waals surface area contributed by atoms with Crippen LogP contribution in [0.4, 0.5) is 8.78 Å². The van der Waals surface area contributed by atoms with Crippen LogP contribution in [0.3, 0.4) is 0 Å². The minimum atomic E-state index is -0.706. The van der Waals surface area contributed by atoms with Crippen molar-refractivity contribution in [2.24, 2.45) is 0 Å². The van der Waals surface area contributed by atoms with Gasteiger partial charge in [0.1, 0.15) is 30.0 Å². The van der Waals surface area contributed by atoms with Gasteiger partial charge in [0.15, 0.2) is 11.6 Å². The Hall–Kier alpha value is -4.60. The Labute approximate surface area is 259 Å². The lowest BCUT2D eigenvalue weighted by Crippen LogP contribution is -2.38. The molecule has 2 aromatic carbocycles. The van der Waals surface area contributed by atoms with Gasteiger partial charge in [0.25, 0.3) is 0 Å². The highest BCUT2D eigenvalue weighted by Crippen LogP contribution is 2.26. The Morgan fingerprint density at radius 1 is 1.07 bits per heavy atom. The number of nitrogens with zero attached hydrogens (tertiary/aromatic N) is 5. The molecular formula is C33H33F2N5O5. The number of rotatable bonds is 10. The first-order valence-electron chi connectivity index (χ1n) is 15.0. The number of pyridine rings is 1. The van der Waals surface area contributed by atoms with Crippen molar-refractivity contribution in [2.75, 3.05) is 26.8 Å². The van der Waals surface area contributed by atoms with E-state index in [0.717, 1.165) is 68.3 Å². The monoisotopic (exact) mass is 617 g/mol. The molecule has 45 heavy (non-hydrogen) atoms. The summed E-state index contributed by atoms with van der Waals surface area (Å²) in [5, 5.41) is 8.91. The molecule has 1 atom stereocenters. The maximum atomic E-state index is 14.5. The van der Waals surface area contributed by atoms with Crippen molar-refractivity contribution in [1.82, 2.24) is 19.4 Å². The summed E-state index contributed by atoms with van der Waals surface area (Å²) in [6.45, 7) is 3.27. The fourth-order valence-electron chi connectivity index (χ4n) is 5.75. The van der Waals surface area contributed by atoms with Crippen molar-refractivity contribution in [3.05, 3.63) is 82.8 Å². The SMILES string of the molecule is COC(=O)c1ccc2nc(CN3CCC(Oc4ccc(F)c(COc5ccc(C#N)cc5F)n4)CC3)n(C[C@@H]3CCCO3)c2c1. The zero-order valence-electron chi connectivity index (χ0n) is 24.9. The van der Waals surface area contributed by atoms with Crippen molar-refractivity contribution in [1.29, 1.82) is 5.26 Å². The molecule has 0 N–H and O–H groups in total. The molecule has 0 unspecified atom stereocenters. The van der Waals surface area contributed by atoms with Crippen LogP contribution in [0.1, 0.15) is 53.1 Å². The number of piperidine rings is 1. The number of aromatic nitrogens is 3. The Balaban J connectivity index is 1.09. The third-order valence-corrected chi connectivity index (χ3v) is 8.16. The second-order valence-electron chi connectivity index (χ2n) is 11.2. The second kappa shape index (κ2) is 13.6. The molecule has 2 aromatic heterocycles. The molecule has 0 aliphatic carbocycles. The first-order chi connectivity index (χ1) is 21.9. The van der Waals surface area contributed by atoms with Gasteiger partial charge in [-0.1, -0.05) is 0 Å². The van der Waals surface area contributed by atoms with E-state index in [0.29, 0.717) is 18.7 Å². The highest BCUT2D eigenvalue weighted by molar-refractivity contribution is 5.93. The Bertz CT molecular complexity index is 1720. The van der Waals surface area contributed by atoms with Crippen LogP contribution < -0.4 is 9.47 Å². The van der Waals surface area contributed by atoms with Gasteiger partial charge in [-0.2, -0.15) is 5.26 Å². The third-order valence-electron chi connectivity index (χ3n) is 8.16. The molecule has 0 amide bonds. The molecule has 0 saturated carbocycles. The van der Waals surface area contributed by atoms with Gasteiger partial charge in [-0.05, 0) is 68.1 Å². The second-order valence-corrected chi connectivity index (χ2v) is 11.2. The van der Waals surface area contributed by atoms with Crippen molar-refractivity contribution >= 4 is 17.0 Å². The maximum Gasteiger partial charge on any atom is 0.337 e. The van der Waals surface area contributed by atoms with Crippen LogP contribution >= 0.6 is 0 Å². The van der Waals surface area contributed by atoms with Crippen LogP contribution in [0.2, 0.25) is 0 Å². The predicted molar refractivity (Wildman–Crippen MR) is 159 cm³/mol. The molecule has 4 heterocycles. The van der Waals surface area contributed by atoms with Gasteiger partial charge in [-0.25, -0.2) is 23.5 Å². The number of likely N-dealkylation sites (tertiary alicyclic amines) is 1. The number of ether oxygens (including phenoxy) is 4. The van der Waals surface area contributed by atoms with Gasteiger partial charge in [-0.15, -0.1) is 0 Å². The lowest BCUT2D eigenvalue weighted by Gasteiger charge is -2.31. The average Bonchev–Trinajstić information content (AvgIpc) is 3.70. The molecule has 234 valence electrons. The number of nitriles is 1. The smallest absolute Gasteiger partial charge is 0.337 e. The van der Waals surface area contributed by atoms with Gasteiger partial charge in [0.2, 0.25) is 5.88 Å². The lowest BCUT2D eigenvalue weighted by atomic mass is 10.1. The summed E-state index contributed by atoms with van der Waals surface area (Å²) in [6, 6.07) is 13.8. The number of methoxy groups -OCH3 is 1. The number of hydrogen-bond acceptors (Lipinski definition) is 9. The fraction of sp³-hybridized carbons (Fsp3) is 0.394. The van der Waals surface area contributed by atoms with Gasteiger partial charge >= 0.3 is 5.97 Å². The molecule has 2 saturated heterocycles. The largest absolute Gasteiger partial charge is 0.484 e. The zero-order valence-corrected chi connectivity index (χ0v) is 24.9. The van der Waals surface area contributed by atoms with E-state index in [1.807, 2.05) is 18.2 Å². The molecule has 0 radical (unpaired) electrons. The average molecular weight is 618 g/mol. The molecular weight excluding hydrogens is 584 g/mol. The highest BCUT2D eigenvalue weighted by atomic mass is 19.1. The zero-order chi connectivity index (χ0) is 31.3. The summed E-state index contributed by atoms with van der Waals surface area (Å²) in [7, 11) is 1.37. The number of halogens is 2. The Morgan fingerprint density at radius 3 is 2.64 bits per heavy atom. The van der Waals surface area contributed by atoms with E-state index in [2.05, 4.69) is 14.5 Å². The number of benzene rings is 2. The Kier molecular flexibility index (Phi) is 9.18. The topological polar surface area (TPSA) is 112 Å². The fourth-order valence-corrected chi connectivity index (χ4v) is 5.75. The summed E-state index contributed by atoms with van der Waals surface area (Å²) in [6.07, 6.45) is 3.47. The van der Waals surface area contributed by atoms with E-state index < -0.39 is 11.6 Å². The number of carbonyl (C=O) groups excluding carboxylic acids is 1. The van der Waals surface area contributed by atoms with Gasteiger partial charge in [-0.3, -0.25) is 4.90 Å². The van der Waals surface area contributed by atoms with Crippen LogP contribution in [0, 0.1) is 23.0 Å². The Morgan fingerprint density at radius 2 is 1.91 bits per heavy atom. The van der Waals surface area contributed by atoms with E-state index in [1.165, 1.54) is 31.4 Å². The van der Waals surface area contributed by atoms with E-state index >= 15 is 0 Å². The summed E-state index contributed by atoms with van der Waals surface area (Å²) >= 11 is 0. The van der Waals surface area contributed by atoms with Gasteiger partial charge < -0.3 is 23.5 Å². The number of carbonyl (C=O) groups is 1. The van der Waals surface area contributed by atoms with Crippen LogP contribution in [0.5, 0.6) is 11.6 Å². The first kappa shape index (κ1) is 30.4. The van der Waals surface area contributed by atoms with Crippen LogP contribution in [0.25, 0.3) is 11.0 Å². The minimum absolute atomic E-state index is 0.00537.